The first-order chi connectivity index (χ1) is 8.13. The molecule has 1 aromatic carbocycles. The van der Waals surface area contributed by atoms with Gasteiger partial charge in [-0.05, 0) is 25.0 Å². The molecule has 5 heteroatoms. The van der Waals surface area contributed by atoms with Gasteiger partial charge in [0.05, 0.1) is 0 Å². The van der Waals surface area contributed by atoms with Gasteiger partial charge in [-0.1, -0.05) is 24.3 Å². The van der Waals surface area contributed by atoms with E-state index in [0.29, 0.717) is 18.8 Å². The van der Waals surface area contributed by atoms with Crippen LogP contribution in [-0.4, -0.2) is 18.3 Å². The minimum Gasteiger partial charge on any atom is -0.333 e. The van der Waals surface area contributed by atoms with Gasteiger partial charge in [-0.15, -0.1) is 0 Å². The fraction of sp³-hybridized carbons (Fsp3) is 0.333. The second kappa shape index (κ2) is 6.65. The number of carbonyl (C=O) groups is 1. The SMILES string of the molecule is C/C(CN)=N\NC(=O)NCc1ccccc1C. The molecule has 0 aliphatic carbocycles. The number of hydrogen-bond acceptors (Lipinski definition) is 3. The summed E-state index contributed by atoms with van der Waals surface area (Å²) >= 11 is 0. The quantitative estimate of drug-likeness (QED) is 0.539. The molecule has 17 heavy (non-hydrogen) atoms. The van der Waals surface area contributed by atoms with Gasteiger partial charge >= 0.3 is 6.03 Å². The zero-order chi connectivity index (χ0) is 12.7. The van der Waals surface area contributed by atoms with Crippen molar-refractivity contribution in [3.63, 3.8) is 0 Å². The molecule has 4 N–H and O–H groups in total. The van der Waals surface area contributed by atoms with Gasteiger partial charge in [-0.2, -0.15) is 5.10 Å². The Morgan fingerprint density at radius 2 is 2.12 bits per heavy atom. The Hall–Kier alpha value is -1.88. The number of rotatable bonds is 4. The topological polar surface area (TPSA) is 79.5 Å². The predicted octanol–water partition coefficient (Wildman–Crippen LogP) is 1.13. The van der Waals surface area contributed by atoms with Gasteiger partial charge in [0.2, 0.25) is 0 Å². The Morgan fingerprint density at radius 1 is 1.41 bits per heavy atom. The van der Waals surface area contributed by atoms with Crippen molar-refractivity contribution in [2.75, 3.05) is 6.54 Å². The fourth-order valence-corrected chi connectivity index (χ4v) is 1.22. The second-order valence-corrected chi connectivity index (χ2v) is 3.77. The molecule has 92 valence electrons. The van der Waals surface area contributed by atoms with Crippen LogP contribution in [0.3, 0.4) is 0 Å². The van der Waals surface area contributed by atoms with Gasteiger partial charge < -0.3 is 11.1 Å². The highest BCUT2D eigenvalue weighted by atomic mass is 16.2. The number of urea groups is 1. The summed E-state index contributed by atoms with van der Waals surface area (Å²) < 4.78 is 0. The lowest BCUT2D eigenvalue weighted by molar-refractivity contribution is 0.241. The van der Waals surface area contributed by atoms with Crippen molar-refractivity contribution < 1.29 is 4.79 Å². The van der Waals surface area contributed by atoms with Gasteiger partial charge in [-0.25, -0.2) is 10.2 Å². The first-order valence-corrected chi connectivity index (χ1v) is 5.45. The molecule has 1 aromatic rings. The number of nitrogens with one attached hydrogen (secondary N) is 2. The van der Waals surface area contributed by atoms with Crippen molar-refractivity contribution >= 4 is 11.7 Å². The number of amides is 2. The monoisotopic (exact) mass is 234 g/mol. The largest absolute Gasteiger partial charge is 0.335 e. The van der Waals surface area contributed by atoms with E-state index in [4.69, 9.17) is 5.73 Å². The van der Waals surface area contributed by atoms with E-state index in [0.717, 1.165) is 11.1 Å². The van der Waals surface area contributed by atoms with Crippen molar-refractivity contribution in [3.05, 3.63) is 35.4 Å². The molecule has 0 aliphatic heterocycles. The van der Waals surface area contributed by atoms with E-state index in [1.807, 2.05) is 31.2 Å². The molecule has 0 saturated heterocycles. The van der Waals surface area contributed by atoms with E-state index in [2.05, 4.69) is 15.8 Å². The molecular weight excluding hydrogens is 216 g/mol. The van der Waals surface area contributed by atoms with Gasteiger partial charge in [0.25, 0.3) is 0 Å². The molecule has 0 atom stereocenters. The molecule has 1 rings (SSSR count). The fourth-order valence-electron chi connectivity index (χ4n) is 1.22. The summed E-state index contributed by atoms with van der Waals surface area (Å²) in [6.45, 7) is 4.57. The molecule has 0 heterocycles. The maximum absolute atomic E-state index is 11.4. The molecule has 0 unspecified atom stereocenters. The third kappa shape index (κ3) is 4.65. The van der Waals surface area contributed by atoms with E-state index in [-0.39, 0.29) is 6.03 Å². The lowest BCUT2D eigenvalue weighted by atomic mass is 10.1. The van der Waals surface area contributed by atoms with Crippen LogP contribution in [0.5, 0.6) is 0 Å². The highest BCUT2D eigenvalue weighted by Crippen LogP contribution is 2.05. The summed E-state index contributed by atoms with van der Waals surface area (Å²) in [4.78, 5) is 11.4. The Labute approximate surface area is 101 Å². The van der Waals surface area contributed by atoms with Crippen molar-refractivity contribution in [2.24, 2.45) is 10.8 Å². The summed E-state index contributed by atoms with van der Waals surface area (Å²) in [5, 5.41) is 6.53. The molecule has 0 spiro atoms. The summed E-state index contributed by atoms with van der Waals surface area (Å²) in [5.74, 6) is 0. The minimum absolute atomic E-state index is 0.331. The van der Waals surface area contributed by atoms with E-state index in [9.17, 15) is 4.79 Å². The minimum atomic E-state index is -0.332. The van der Waals surface area contributed by atoms with E-state index >= 15 is 0 Å². The molecule has 5 nitrogen and oxygen atoms in total. The lowest BCUT2D eigenvalue weighted by Gasteiger charge is -2.07. The van der Waals surface area contributed by atoms with Crippen LogP contribution in [0.2, 0.25) is 0 Å². The highest BCUT2D eigenvalue weighted by Gasteiger charge is 2.00. The summed E-state index contributed by atoms with van der Waals surface area (Å²) in [6.07, 6.45) is 0. The van der Waals surface area contributed by atoms with Crippen molar-refractivity contribution in [2.45, 2.75) is 20.4 Å². The Bertz CT molecular complexity index is 415. The predicted molar refractivity (Wildman–Crippen MR) is 68.7 cm³/mol. The third-order valence-electron chi connectivity index (χ3n) is 2.34. The molecule has 0 aromatic heterocycles. The molecular formula is C12H18N4O. The van der Waals surface area contributed by atoms with E-state index in [1.165, 1.54) is 0 Å². The molecule has 0 aliphatic rings. The van der Waals surface area contributed by atoms with Crippen LogP contribution >= 0.6 is 0 Å². The molecule has 0 fully saturated rings. The number of carbonyl (C=O) groups excluding carboxylic acids is 1. The standard InChI is InChI=1S/C12H18N4O/c1-9-5-3-4-6-11(9)8-14-12(17)16-15-10(2)7-13/h3-6H,7-8,13H2,1-2H3,(H2,14,16,17)/b15-10+. The van der Waals surface area contributed by atoms with Crippen LogP contribution in [0, 0.1) is 6.92 Å². The number of nitrogens with two attached hydrogens (primary N) is 1. The number of hydrazone groups is 1. The highest BCUT2D eigenvalue weighted by molar-refractivity contribution is 5.85. The molecule has 2 amide bonds. The van der Waals surface area contributed by atoms with Gasteiger partial charge in [0.1, 0.15) is 0 Å². The second-order valence-electron chi connectivity index (χ2n) is 3.77. The zero-order valence-corrected chi connectivity index (χ0v) is 10.2. The average molecular weight is 234 g/mol. The third-order valence-corrected chi connectivity index (χ3v) is 2.34. The number of aryl methyl sites for hydroxylation is 1. The van der Waals surface area contributed by atoms with Gasteiger partial charge in [0, 0.05) is 18.8 Å². The van der Waals surface area contributed by atoms with Crippen LogP contribution in [-0.2, 0) is 6.54 Å². The van der Waals surface area contributed by atoms with E-state index in [1.54, 1.807) is 6.92 Å². The maximum atomic E-state index is 11.4. The molecule has 0 radical (unpaired) electrons. The summed E-state index contributed by atoms with van der Waals surface area (Å²) in [7, 11) is 0. The Kier molecular flexibility index (Phi) is 5.16. The maximum Gasteiger partial charge on any atom is 0.335 e. The van der Waals surface area contributed by atoms with E-state index < -0.39 is 0 Å². The van der Waals surface area contributed by atoms with Crippen molar-refractivity contribution in [1.29, 1.82) is 0 Å². The van der Waals surface area contributed by atoms with Crippen LogP contribution in [0.4, 0.5) is 4.79 Å². The molecule has 0 saturated carbocycles. The molecule has 0 bridgehead atoms. The zero-order valence-electron chi connectivity index (χ0n) is 10.2. The smallest absolute Gasteiger partial charge is 0.333 e. The average Bonchev–Trinajstić information content (AvgIpc) is 2.35. The van der Waals surface area contributed by atoms with Gasteiger partial charge in [-0.3, -0.25) is 0 Å². The number of nitrogens with zero attached hydrogens (tertiary/aromatic N) is 1. The van der Waals surface area contributed by atoms with Gasteiger partial charge in [0.15, 0.2) is 0 Å². The Morgan fingerprint density at radius 3 is 2.76 bits per heavy atom. The first-order valence-electron chi connectivity index (χ1n) is 5.45. The van der Waals surface area contributed by atoms with Crippen LogP contribution in [0.15, 0.2) is 29.4 Å². The first kappa shape index (κ1) is 13.2. The van der Waals surface area contributed by atoms with Crippen LogP contribution < -0.4 is 16.5 Å². The van der Waals surface area contributed by atoms with Crippen molar-refractivity contribution in [1.82, 2.24) is 10.7 Å². The van der Waals surface area contributed by atoms with Crippen molar-refractivity contribution in [3.8, 4) is 0 Å². The normalized spacial score (nSPS) is 11.1. The summed E-state index contributed by atoms with van der Waals surface area (Å²) in [5.41, 5.74) is 10.6. The van der Waals surface area contributed by atoms with Crippen LogP contribution in [0.25, 0.3) is 0 Å². The number of hydrogen-bond donors (Lipinski definition) is 3. The number of benzene rings is 1. The lowest BCUT2D eigenvalue weighted by Crippen LogP contribution is -2.33. The Balaban J connectivity index is 2.41. The summed E-state index contributed by atoms with van der Waals surface area (Å²) in [6, 6.07) is 7.56. The van der Waals surface area contributed by atoms with Crippen LogP contribution in [0.1, 0.15) is 18.1 Å².